The molecule has 0 aliphatic heterocycles. The summed E-state index contributed by atoms with van der Waals surface area (Å²) in [6.45, 7) is 1.66. The minimum atomic E-state index is -1.05. The number of benzene rings is 1. The first-order chi connectivity index (χ1) is 8.54. The van der Waals surface area contributed by atoms with Crippen LogP contribution in [0.4, 0.5) is 0 Å². The fourth-order valence-electron chi connectivity index (χ4n) is 1.06. The SMILES string of the molecule is CCOC(=O)C(=O)NNC(=O)c1cccc(Br)c1. The smallest absolute Gasteiger partial charge is 0.398 e. The number of carbonyl (C=O) groups is 3. The Morgan fingerprint density at radius 2 is 2.00 bits per heavy atom. The third-order valence-corrected chi connectivity index (χ3v) is 2.33. The van der Waals surface area contributed by atoms with E-state index >= 15 is 0 Å². The van der Waals surface area contributed by atoms with Crippen LogP contribution in [0.25, 0.3) is 0 Å². The standard InChI is InChI=1S/C11H11BrN2O4/c1-2-18-11(17)10(16)14-13-9(15)7-4-3-5-8(12)6-7/h3-6H,2H2,1H3,(H,13,15)(H,14,16). The van der Waals surface area contributed by atoms with Crippen LogP contribution in [0.3, 0.4) is 0 Å². The number of ether oxygens (including phenoxy) is 1. The average molecular weight is 315 g/mol. The van der Waals surface area contributed by atoms with Crippen LogP contribution in [-0.4, -0.2) is 24.4 Å². The Morgan fingerprint density at radius 3 is 2.61 bits per heavy atom. The van der Waals surface area contributed by atoms with Gasteiger partial charge in [-0.15, -0.1) is 0 Å². The quantitative estimate of drug-likeness (QED) is 0.480. The number of amides is 2. The van der Waals surface area contributed by atoms with Crippen LogP contribution in [0.1, 0.15) is 17.3 Å². The lowest BCUT2D eigenvalue weighted by molar-refractivity contribution is -0.154. The van der Waals surface area contributed by atoms with E-state index in [0.29, 0.717) is 5.56 Å². The molecule has 96 valence electrons. The van der Waals surface area contributed by atoms with Crippen molar-refractivity contribution in [1.82, 2.24) is 10.9 Å². The fraction of sp³-hybridized carbons (Fsp3) is 0.182. The van der Waals surface area contributed by atoms with Gasteiger partial charge in [-0.3, -0.25) is 20.4 Å². The zero-order chi connectivity index (χ0) is 13.5. The van der Waals surface area contributed by atoms with E-state index in [-0.39, 0.29) is 6.61 Å². The molecule has 0 saturated heterocycles. The lowest BCUT2D eigenvalue weighted by Crippen LogP contribution is -2.45. The molecule has 7 heteroatoms. The third-order valence-electron chi connectivity index (χ3n) is 1.84. The Bertz CT molecular complexity index is 476. The van der Waals surface area contributed by atoms with Gasteiger partial charge in [-0.05, 0) is 25.1 Å². The largest absolute Gasteiger partial charge is 0.459 e. The summed E-state index contributed by atoms with van der Waals surface area (Å²) < 4.78 is 5.18. The van der Waals surface area contributed by atoms with Crippen molar-refractivity contribution in [3.63, 3.8) is 0 Å². The molecule has 0 aliphatic rings. The minimum Gasteiger partial charge on any atom is -0.459 e. The van der Waals surface area contributed by atoms with Gasteiger partial charge in [0.15, 0.2) is 0 Å². The second-order valence-corrected chi connectivity index (χ2v) is 4.05. The molecule has 6 nitrogen and oxygen atoms in total. The number of hydrogen-bond acceptors (Lipinski definition) is 4. The van der Waals surface area contributed by atoms with E-state index in [1.54, 1.807) is 31.2 Å². The first-order valence-corrected chi connectivity index (χ1v) is 5.87. The van der Waals surface area contributed by atoms with Crippen molar-refractivity contribution in [3.8, 4) is 0 Å². The van der Waals surface area contributed by atoms with Gasteiger partial charge in [0.1, 0.15) is 0 Å². The van der Waals surface area contributed by atoms with Crippen molar-refractivity contribution < 1.29 is 19.1 Å². The molecule has 0 aliphatic carbocycles. The molecule has 0 saturated carbocycles. The summed E-state index contributed by atoms with van der Waals surface area (Å²) in [5.41, 5.74) is 4.40. The van der Waals surface area contributed by atoms with Crippen LogP contribution in [0.2, 0.25) is 0 Å². The van der Waals surface area contributed by atoms with Gasteiger partial charge >= 0.3 is 11.9 Å². The van der Waals surface area contributed by atoms with Crippen molar-refractivity contribution in [2.45, 2.75) is 6.92 Å². The van der Waals surface area contributed by atoms with Crippen molar-refractivity contribution in [3.05, 3.63) is 34.3 Å². The predicted octanol–water partition coefficient (Wildman–Crippen LogP) is 0.773. The zero-order valence-corrected chi connectivity index (χ0v) is 11.1. The van der Waals surface area contributed by atoms with Crippen molar-refractivity contribution in [2.24, 2.45) is 0 Å². The number of halogens is 1. The molecule has 0 spiro atoms. The second kappa shape index (κ2) is 6.75. The summed E-state index contributed by atoms with van der Waals surface area (Å²) in [6.07, 6.45) is 0. The van der Waals surface area contributed by atoms with Crippen LogP contribution in [0.5, 0.6) is 0 Å². The number of rotatable bonds is 2. The Balaban J connectivity index is 2.51. The maximum Gasteiger partial charge on any atom is 0.398 e. The minimum absolute atomic E-state index is 0.0891. The first-order valence-electron chi connectivity index (χ1n) is 5.07. The summed E-state index contributed by atoms with van der Waals surface area (Å²) >= 11 is 3.21. The van der Waals surface area contributed by atoms with Gasteiger partial charge in [0.05, 0.1) is 6.61 Å². The Kier molecular flexibility index (Phi) is 5.31. The second-order valence-electron chi connectivity index (χ2n) is 3.14. The fourth-order valence-corrected chi connectivity index (χ4v) is 1.46. The lowest BCUT2D eigenvalue weighted by Gasteiger charge is -2.06. The lowest BCUT2D eigenvalue weighted by atomic mass is 10.2. The van der Waals surface area contributed by atoms with Crippen LogP contribution >= 0.6 is 15.9 Å². The number of nitrogens with one attached hydrogen (secondary N) is 2. The molecule has 0 aromatic heterocycles. The first kappa shape index (κ1) is 14.2. The summed E-state index contributed by atoms with van der Waals surface area (Å²) in [6, 6.07) is 6.57. The molecule has 0 atom stereocenters. The normalized spacial score (nSPS) is 9.44. The van der Waals surface area contributed by atoms with E-state index in [4.69, 9.17) is 0 Å². The highest BCUT2D eigenvalue weighted by Gasteiger charge is 2.15. The molecule has 18 heavy (non-hydrogen) atoms. The summed E-state index contributed by atoms with van der Waals surface area (Å²) in [5.74, 6) is -2.61. The highest BCUT2D eigenvalue weighted by molar-refractivity contribution is 9.10. The van der Waals surface area contributed by atoms with E-state index < -0.39 is 17.8 Å². The number of esters is 1. The summed E-state index contributed by atoms with van der Waals surface area (Å²) in [4.78, 5) is 33.7. The summed E-state index contributed by atoms with van der Waals surface area (Å²) in [5, 5.41) is 0. The highest BCUT2D eigenvalue weighted by Crippen LogP contribution is 2.11. The van der Waals surface area contributed by atoms with Crippen molar-refractivity contribution >= 4 is 33.7 Å². The van der Waals surface area contributed by atoms with Gasteiger partial charge in [0, 0.05) is 10.0 Å². The molecule has 0 fully saturated rings. The number of hydrogen-bond donors (Lipinski definition) is 2. The molecule has 2 N–H and O–H groups in total. The molecule has 1 rings (SSSR count). The highest BCUT2D eigenvalue weighted by atomic mass is 79.9. The molecule has 0 unspecified atom stereocenters. The third kappa shape index (κ3) is 4.17. The van der Waals surface area contributed by atoms with E-state index in [9.17, 15) is 14.4 Å². The van der Waals surface area contributed by atoms with Crippen molar-refractivity contribution in [1.29, 1.82) is 0 Å². The van der Waals surface area contributed by atoms with E-state index in [0.717, 1.165) is 4.47 Å². The van der Waals surface area contributed by atoms with Crippen molar-refractivity contribution in [2.75, 3.05) is 6.61 Å². The maximum absolute atomic E-state index is 11.6. The number of carbonyl (C=O) groups excluding carboxylic acids is 3. The molecule has 2 amide bonds. The topological polar surface area (TPSA) is 84.5 Å². The Labute approximate surface area is 112 Å². The number of hydrazine groups is 1. The van der Waals surface area contributed by atoms with Gasteiger partial charge in [-0.25, -0.2) is 4.79 Å². The van der Waals surface area contributed by atoms with Crippen LogP contribution in [-0.2, 0) is 14.3 Å². The van der Waals surface area contributed by atoms with E-state index in [1.807, 2.05) is 5.43 Å². The molecule has 0 radical (unpaired) electrons. The molecule has 0 bridgehead atoms. The van der Waals surface area contributed by atoms with Gasteiger partial charge in [0.25, 0.3) is 5.91 Å². The molecule has 1 aromatic carbocycles. The average Bonchev–Trinajstić information content (AvgIpc) is 2.35. The summed E-state index contributed by atoms with van der Waals surface area (Å²) in [7, 11) is 0. The van der Waals surface area contributed by atoms with Crippen LogP contribution in [0.15, 0.2) is 28.7 Å². The zero-order valence-electron chi connectivity index (χ0n) is 9.53. The molecular formula is C11H11BrN2O4. The predicted molar refractivity (Wildman–Crippen MR) is 66.4 cm³/mol. The Hall–Kier alpha value is -1.89. The van der Waals surface area contributed by atoms with Gasteiger partial charge in [-0.2, -0.15) is 0 Å². The maximum atomic E-state index is 11.6. The van der Waals surface area contributed by atoms with Gasteiger partial charge < -0.3 is 4.74 Å². The van der Waals surface area contributed by atoms with E-state index in [2.05, 4.69) is 26.1 Å². The van der Waals surface area contributed by atoms with E-state index in [1.165, 1.54) is 0 Å². The molecular weight excluding hydrogens is 304 g/mol. The monoisotopic (exact) mass is 314 g/mol. The van der Waals surface area contributed by atoms with Crippen LogP contribution < -0.4 is 10.9 Å². The van der Waals surface area contributed by atoms with Gasteiger partial charge in [-0.1, -0.05) is 22.0 Å². The molecule has 1 aromatic rings. The molecule has 0 heterocycles. The van der Waals surface area contributed by atoms with Crippen LogP contribution in [0, 0.1) is 0 Å². The Morgan fingerprint density at radius 1 is 1.28 bits per heavy atom. The van der Waals surface area contributed by atoms with Gasteiger partial charge in [0.2, 0.25) is 0 Å².